The first-order chi connectivity index (χ1) is 13.2. The molecular formula is C23H22N2O2. The Morgan fingerprint density at radius 2 is 2.11 bits per heavy atom. The zero-order valence-corrected chi connectivity index (χ0v) is 15.3. The van der Waals surface area contributed by atoms with Gasteiger partial charge in [0.05, 0.1) is 17.5 Å². The quantitative estimate of drug-likeness (QED) is 0.639. The van der Waals surface area contributed by atoms with E-state index >= 15 is 0 Å². The van der Waals surface area contributed by atoms with Gasteiger partial charge < -0.3 is 9.63 Å². The van der Waals surface area contributed by atoms with Crippen molar-refractivity contribution < 1.29 is 9.63 Å². The predicted octanol–water partition coefficient (Wildman–Crippen LogP) is 4.33. The second-order valence-electron chi connectivity index (χ2n) is 6.35. The van der Waals surface area contributed by atoms with Gasteiger partial charge in [-0.2, -0.15) is 0 Å². The van der Waals surface area contributed by atoms with Gasteiger partial charge in [-0.3, -0.25) is 4.99 Å². The third-order valence-corrected chi connectivity index (χ3v) is 4.15. The number of aromatic nitrogens is 1. The van der Waals surface area contributed by atoms with Crippen molar-refractivity contribution in [2.24, 2.45) is 10.9 Å². The Kier molecular flexibility index (Phi) is 6.19. The average molecular weight is 358 g/mol. The molecular weight excluding hydrogens is 336 g/mol. The molecule has 0 bridgehead atoms. The van der Waals surface area contributed by atoms with Gasteiger partial charge in [-0.1, -0.05) is 35.2 Å². The lowest BCUT2D eigenvalue weighted by Gasteiger charge is -2.03. The fraction of sp³-hybridized carbons (Fsp3) is 0.217. The van der Waals surface area contributed by atoms with Crippen LogP contribution in [0.25, 0.3) is 11.3 Å². The number of aliphatic hydroxyl groups excluding tert-OH is 1. The lowest BCUT2D eigenvalue weighted by molar-refractivity contribution is 0.263. The second-order valence-corrected chi connectivity index (χ2v) is 6.35. The first-order valence-corrected chi connectivity index (χ1v) is 8.92. The summed E-state index contributed by atoms with van der Waals surface area (Å²) >= 11 is 0. The number of hydrogen-bond acceptors (Lipinski definition) is 4. The Hall–Kier alpha value is -3.16. The minimum absolute atomic E-state index is 0.158. The van der Waals surface area contributed by atoms with E-state index in [-0.39, 0.29) is 5.92 Å². The van der Waals surface area contributed by atoms with E-state index in [2.05, 4.69) is 28.6 Å². The Labute approximate surface area is 159 Å². The van der Waals surface area contributed by atoms with Crippen molar-refractivity contribution in [2.45, 2.75) is 25.9 Å². The van der Waals surface area contributed by atoms with E-state index in [1.54, 1.807) is 19.2 Å². The molecule has 1 aliphatic heterocycles. The normalized spacial score (nSPS) is 16.8. The van der Waals surface area contributed by atoms with E-state index in [4.69, 9.17) is 4.52 Å². The SMILES string of the molecule is C=CCC#Cc1ccc(-c2cc(CC3C=CN=C([C@H](C)O)C=C3)no2)cc1. The molecule has 0 radical (unpaired) electrons. The van der Waals surface area contributed by atoms with Gasteiger partial charge >= 0.3 is 0 Å². The average Bonchev–Trinajstić information content (AvgIpc) is 3.00. The summed E-state index contributed by atoms with van der Waals surface area (Å²) in [6.45, 7) is 5.36. The molecule has 136 valence electrons. The molecule has 0 fully saturated rings. The van der Waals surface area contributed by atoms with Crippen LogP contribution in [-0.4, -0.2) is 22.1 Å². The molecule has 0 aliphatic carbocycles. The van der Waals surface area contributed by atoms with Crippen molar-refractivity contribution >= 4 is 5.71 Å². The van der Waals surface area contributed by atoms with Gasteiger partial charge in [0.15, 0.2) is 5.76 Å². The van der Waals surface area contributed by atoms with Gasteiger partial charge in [-0.25, -0.2) is 0 Å². The number of allylic oxidation sites excluding steroid dienone is 3. The monoisotopic (exact) mass is 358 g/mol. The van der Waals surface area contributed by atoms with Gasteiger partial charge in [0.25, 0.3) is 0 Å². The minimum atomic E-state index is -0.576. The van der Waals surface area contributed by atoms with Crippen LogP contribution in [0.4, 0.5) is 0 Å². The van der Waals surface area contributed by atoms with Crippen LogP contribution in [-0.2, 0) is 6.42 Å². The third-order valence-electron chi connectivity index (χ3n) is 4.15. The molecule has 1 unspecified atom stereocenters. The number of aliphatic imine (C=N–C) groups is 1. The van der Waals surface area contributed by atoms with E-state index in [1.807, 2.05) is 48.6 Å². The number of hydrogen-bond donors (Lipinski definition) is 1. The van der Waals surface area contributed by atoms with Crippen LogP contribution >= 0.6 is 0 Å². The Morgan fingerprint density at radius 3 is 2.85 bits per heavy atom. The molecule has 0 saturated heterocycles. The first kappa shape index (κ1) is 18.6. The topological polar surface area (TPSA) is 58.6 Å². The van der Waals surface area contributed by atoms with Gasteiger partial charge in [0.1, 0.15) is 0 Å². The summed E-state index contributed by atoms with van der Waals surface area (Å²) in [5.74, 6) is 7.02. The molecule has 2 atom stereocenters. The van der Waals surface area contributed by atoms with Crippen molar-refractivity contribution in [3.63, 3.8) is 0 Å². The van der Waals surface area contributed by atoms with Gasteiger partial charge in [-0.15, -0.1) is 6.58 Å². The fourth-order valence-corrected chi connectivity index (χ4v) is 2.68. The fourth-order valence-electron chi connectivity index (χ4n) is 2.68. The lowest BCUT2D eigenvalue weighted by Crippen LogP contribution is -2.12. The summed E-state index contributed by atoms with van der Waals surface area (Å²) in [4.78, 5) is 4.24. The molecule has 1 N–H and O–H groups in total. The van der Waals surface area contributed by atoms with E-state index in [0.717, 1.165) is 22.6 Å². The Balaban J connectivity index is 1.66. The maximum absolute atomic E-state index is 9.63. The molecule has 0 spiro atoms. The number of nitrogens with zero attached hydrogens (tertiary/aromatic N) is 2. The largest absolute Gasteiger partial charge is 0.387 e. The Bertz CT molecular complexity index is 935. The number of aliphatic hydroxyl groups is 1. The van der Waals surface area contributed by atoms with Crippen molar-refractivity contribution in [3.8, 4) is 23.2 Å². The smallest absolute Gasteiger partial charge is 0.167 e. The van der Waals surface area contributed by atoms with Crippen molar-refractivity contribution in [2.75, 3.05) is 0 Å². The summed E-state index contributed by atoms with van der Waals surface area (Å²) in [5.41, 5.74) is 3.46. The highest BCUT2D eigenvalue weighted by molar-refractivity contribution is 5.98. The Morgan fingerprint density at radius 1 is 1.30 bits per heavy atom. The van der Waals surface area contributed by atoms with Gasteiger partial charge in [0, 0.05) is 42.2 Å². The zero-order chi connectivity index (χ0) is 19.1. The standard InChI is InChI=1S/C23H22N2O2/c1-3-4-5-6-18-7-10-20(11-8-18)23-16-21(25-27-23)15-19-9-12-22(17(2)26)24-14-13-19/h3,7-14,16-17,19,26H,1,4,15H2,2H3/t17-,19?/m0/s1. The second kappa shape index (κ2) is 8.98. The van der Waals surface area contributed by atoms with Crippen LogP contribution in [0.1, 0.15) is 24.6 Å². The molecule has 0 amide bonds. The minimum Gasteiger partial charge on any atom is -0.387 e. The highest BCUT2D eigenvalue weighted by atomic mass is 16.5. The van der Waals surface area contributed by atoms with Gasteiger partial charge in [-0.05, 0) is 37.3 Å². The predicted molar refractivity (Wildman–Crippen MR) is 108 cm³/mol. The number of rotatable bonds is 5. The van der Waals surface area contributed by atoms with E-state index in [0.29, 0.717) is 18.6 Å². The van der Waals surface area contributed by atoms with E-state index in [9.17, 15) is 5.11 Å². The van der Waals surface area contributed by atoms with Crippen LogP contribution in [0, 0.1) is 17.8 Å². The first-order valence-electron chi connectivity index (χ1n) is 8.92. The van der Waals surface area contributed by atoms with Crippen molar-refractivity contribution in [1.29, 1.82) is 0 Å². The molecule has 2 heterocycles. The van der Waals surface area contributed by atoms with E-state index in [1.165, 1.54) is 0 Å². The highest BCUT2D eigenvalue weighted by Crippen LogP contribution is 2.23. The highest BCUT2D eigenvalue weighted by Gasteiger charge is 2.12. The van der Waals surface area contributed by atoms with Crippen molar-refractivity contribution in [1.82, 2.24) is 5.16 Å². The maximum Gasteiger partial charge on any atom is 0.167 e. The maximum atomic E-state index is 9.63. The molecule has 1 aliphatic rings. The zero-order valence-electron chi connectivity index (χ0n) is 15.3. The molecule has 27 heavy (non-hydrogen) atoms. The molecule has 2 aromatic rings. The van der Waals surface area contributed by atoms with Gasteiger partial charge in [0.2, 0.25) is 0 Å². The third kappa shape index (κ3) is 5.16. The molecule has 4 nitrogen and oxygen atoms in total. The van der Waals surface area contributed by atoms with Crippen LogP contribution in [0.5, 0.6) is 0 Å². The summed E-state index contributed by atoms with van der Waals surface area (Å²) in [7, 11) is 0. The lowest BCUT2D eigenvalue weighted by atomic mass is 10.0. The van der Waals surface area contributed by atoms with Crippen LogP contribution in [0.2, 0.25) is 0 Å². The molecule has 3 rings (SSSR count). The summed E-state index contributed by atoms with van der Waals surface area (Å²) in [5, 5.41) is 13.8. The van der Waals surface area contributed by atoms with E-state index < -0.39 is 6.10 Å². The molecule has 1 aromatic carbocycles. The van der Waals surface area contributed by atoms with Crippen LogP contribution in [0.3, 0.4) is 0 Å². The summed E-state index contributed by atoms with van der Waals surface area (Å²) in [6.07, 6.45) is 10.2. The molecule has 0 saturated carbocycles. The van der Waals surface area contributed by atoms with Crippen molar-refractivity contribution in [3.05, 3.63) is 78.7 Å². The summed E-state index contributed by atoms with van der Waals surface area (Å²) in [6, 6.07) is 9.87. The van der Waals surface area contributed by atoms with Crippen LogP contribution in [0.15, 0.2) is 76.9 Å². The molecule has 1 aromatic heterocycles. The number of benzene rings is 1. The van der Waals surface area contributed by atoms with Crippen LogP contribution < -0.4 is 0 Å². The summed E-state index contributed by atoms with van der Waals surface area (Å²) < 4.78 is 5.51. The molecule has 4 heteroatoms.